The van der Waals surface area contributed by atoms with Crippen LogP contribution in [0.15, 0.2) is 66.0 Å². The van der Waals surface area contributed by atoms with Gasteiger partial charge >= 0.3 is 6.97 Å². The first-order chi connectivity index (χ1) is 15.7. The van der Waals surface area contributed by atoms with Crippen LogP contribution in [0.4, 0.5) is 14.3 Å². The van der Waals surface area contributed by atoms with Crippen LogP contribution in [0.25, 0.3) is 5.57 Å². The van der Waals surface area contributed by atoms with Crippen LogP contribution >= 0.6 is 0 Å². The molecule has 2 aliphatic rings. The summed E-state index contributed by atoms with van der Waals surface area (Å²) in [4.78, 5) is 4.30. The number of pyridine rings is 1. The second kappa shape index (κ2) is 7.44. The van der Waals surface area contributed by atoms with E-state index in [-0.39, 0.29) is 5.75 Å². The zero-order valence-corrected chi connectivity index (χ0v) is 19.0. The Labute approximate surface area is 191 Å². The van der Waals surface area contributed by atoms with Gasteiger partial charge in [0.2, 0.25) is 0 Å². The van der Waals surface area contributed by atoms with E-state index in [0.717, 1.165) is 28.0 Å². The van der Waals surface area contributed by atoms with Crippen LogP contribution in [0.3, 0.4) is 0 Å². The third-order valence-corrected chi connectivity index (χ3v) is 6.41. The number of aromatic nitrogens is 2. The van der Waals surface area contributed by atoms with Gasteiger partial charge in [-0.3, -0.25) is 4.98 Å². The number of benzene rings is 1. The highest BCUT2D eigenvalue weighted by Crippen LogP contribution is 2.45. The summed E-state index contributed by atoms with van der Waals surface area (Å²) in [6.45, 7) is 3.58. The highest BCUT2D eigenvalue weighted by Gasteiger charge is 2.55. The van der Waals surface area contributed by atoms with E-state index in [2.05, 4.69) is 10.3 Å². The Bertz CT molecular complexity index is 1390. The maximum Gasteiger partial charge on any atom is 0.737 e. The Morgan fingerprint density at radius 3 is 2.61 bits per heavy atom. The third-order valence-electron chi connectivity index (χ3n) is 6.41. The Hall–Kier alpha value is -3.68. The van der Waals surface area contributed by atoms with Crippen molar-refractivity contribution in [3.05, 3.63) is 94.2 Å². The molecule has 0 radical (unpaired) electrons. The van der Waals surface area contributed by atoms with Crippen molar-refractivity contribution in [3.8, 4) is 5.75 Å². The van der Waals surface area contributed by atoms with Crippen LogP contribution in [0.2, 0.25) is 0 Å². The van der Waals surface area contributed by atoms with Gasteiger partial charge in [-0.05, 0) is 67.9 Å². The Kier molecular flexibility index (Phi) is 4.77. The highest BCUT2D eigenvalue weighted by atomic mass is 19.2. The van der Waals surface area contributed by atoms with Gasteiger partial charge in [-0.25, -0.2) is 0 Å². The molecule has 1 aromatic carbocycles. The highest BCUT2D eigenvalue weighted by molar-refractivity contribution is 6.58. The van der Waals surface area contributed by atoms with Gasteiger partial charge in [-0.2, -0.15) is 0 Å². The summed E-state index contributed by atoms with van der Waals surface area (Å²) >= 11 is 0. The number of rotatable bonds is 4. The molecule has 3 aromatic rings. The Balaban J connectivity index is 1.69. The van der Waals surface area contributed by atoms with Gasteiger partial charge in [0.15, 0.2) is 5.70 Å². The molecule has 0 fully saturated rings. The second-order valence-corrected chi connectivity index (χ2v) is 8.74. The van der Waals surface area contributed by atoms with Crippen molar-refractivity contribution >= 4 is 23.9 Å². The fourth-order valence-electron chi connectivity index (χ4n) is 5.09. The topological polar surface area (TPSA) is 53.1 Å². The standard InChI is InChI=1S/C25H25BF2N4O/c1-15-11-17(3)31-24(15)23(25-16(2)12-18(4)32(25)26(31,27)28)19-8-9-22(33)21(13-19)30-14-20-7-5-6-10-29-20/h5-13,30,33H,14H2,1-4H3. The number of aromatic hydroxyl groups is 1. The van der Waals surface area contributed by atoms with Crippen LogP contribution in [0, 0.1) is 13.8 Å². The number of anilines is 1. The smallest absolute Gasteiger partial charge is 0.506 e. The van der Waals surface area contributed by atoms with Crippen molar-refractivity contribution in [3.63, 3.8) is 0 Å². The first-order valence-corrected chi connectivity index (χ1v) is 10.9. The number of hydrogen-bond acceptors (Lipinski definition) is 3. The van der Waals surface area contributed by atoms with Crippen molar-refractivity contribution in [1.82, 2.24) is 9.46 Å². The van der Waals surface area contributed by atoms with Crippen molar-refractivity contribution in [2.24, 2.45) is 0 Å². The average molecular weight is 446 g/mol. The quantitative estimate of drug-likeness (QED) is 0.426. The van der Waals surface area contributed by atoms with Crippen LogP contribution in [-0.2, 0) is 6.54 Å². The molecule has 0 saturated carbocycles. The van der Waals surface area contributed by atoms with Gasteiger partial charge in [0.1, 0.15) is 11.5 Å². The maximum atomic E-state index is 15.8. The van der Waals surface area contributed by atoms with E-state index in [1.807, 2.05) is 50.3 Å². The number of allylic oxidation sites excluding steroid dienone is 2. The minimum atomic E-state index is -4.02. The number of phenols is 1. The number of hydrogen-bond donors (Lipinski definition) is 2. The lowest BCUT2D eigenvalue weighted by Gasteiger charge is -2.34. The number of aryl methyl sites for hydroxylation is 2. The molecule has 0 spiro atoms. The normalized spacial score (nSPS) is 16.6. The summed E-state index contributed by atoms with van der Waals surface area (Å²) in [5, 5.41) is 13.7. The summed E-state index contributed by atoms with van der Waals surface area (Å²) in [6.07, 6.45) is 3.52. The van der Waals surface area contributed by atoms with Crippen LogP contribution in [0.5, 0.6) is 5.75 Å². The third kappa shape index (κ3) is 3.20. The molecule has 0 aliphatic carbocycles. The molecule has 4 heterocycles. The van der Waals surface area contributed by atoms with E-state index >= 15 is 8.63 Å². The fourth-order valence-corrected chi connectivity index (χ4v) is 5.09. The molecule has 2 aromatic heterocycles. The molecule has 5 nitrogen and oxygen atoms in total. The van der Waals surface area contributed by atoms with E-state index in [9.17, 15) is 5.11 Å². The SMILES string of the molecule is CC1=CC(C)=[N+]2C1=C(c1ccc(O)c(NCc3ccccn3)c1)c1c(C)cc(C)n1[B-]2(F)F. The van der Waals surface area contributed by atoms with E-state index in [1.165, 1.54) is 8.96 Å². The minimum Gasteiger partial charge on any atom is -0.506 e. The monoisotopic (exact) mass is 446 g/mol. The zero-order chi connectivity index (χ0) is 23.5. The number of fused-ring (bicyclic) bond motifs is 2. The predicted molar refractivity (Wildman–Crippen MR) is 128 cm³/mol. The summed E-state index contributed by atoms with van der Waals surface area (Å²) < 4.78 is 33.9. The van der Waals surface area contributed by atoms with Gasteiger partial charge in [0.25, 0.3) is 0 Å². The van der Waals surface area contributed by atoms with Crippen molar-refractivity contribution < 1.29 is 18.2 Å². The molecule has 0 atom stereocenters. The van der Waals surface area contributed by atoms with E-state index in [1.54, 1.807) is 32.2 Å². The average Bonchev–Trinajstić information content (AvgIpc) is 3.25. The largest absolute Gasteiger partial charge is 0.737 e. The molecule has 0 unspecified atom stereocenters. The van der Waals surface area contributed by atoms with Crippen LogP contribution in [0.1, 0.15) is 42.1 Å². The summed E-state index contributed by atoms with van der Waals surface area (Å²) in [5.41, 5.74) is 6.52. The summed E-state index contributed by atoms with van der Waals surface area (Å²) in [7, 11) is 0. The fraction of sp³-hybridized carbons (Fsp3) is 0.200. The molecule has 168 valence electrons. The van der Waals surface area contributed by atoms with Crippen molar-refractivity contribution in [2.75, 3.05) is 5.32 Å². The summed E-state index contributed by atoms with van der Waals surface area (Å²) in [6, 6.07) is 12.7. The van der Waals surface area contributed by atoms with Crippen molar-refractivity contribution in [1.29, 1.82) is 0 Å². The number of phenolic OH excluding ortho intramolecular Hbond substituents is 1. The van der Waals surface area contributed by atoms with E-state index in [4.69, 9.17) is 0 Å². The minimum absolute atomic E-state index is 0.0900. The molecular formula is C25H25BF2N4O. The Morgan fingerprint density at radius 1 is 1.09 bits per heavy atom. The lowest BCUT2D eigenvalue weighted by molar-refractivity contribution is -0.363. The van der Waals surface area contributed by atoms with Crippen molar-refractivity contribution in [2.45, 2.75) is 34.2 Å². The molecule has 8 heteroatoms. The molecule has 2 aliphatic heterocycles. The van der Waals surface area contributed by atoms with Gasteiger partial charge in [-0.15, -0.1) is 0 Å². The van der Waals surface area contributed by atoms with E-state index < -0.39 is 6.97 Å². The number of nitrogens with one attached hydrogen (secondary N) is 1. The van der Waals surface area contributed by atoms with E-state index in [0.29, 0.717) is 35.0 Å². The van der Waals surface area contributed by atoms with Gasteiger partial charge in [-0.1, -0.05) is 12.1 Å². The van der Waals surface area contributed by atoms with Crippen LogP contribution in [-0.4, -0.2) is 31.7 Å². The first kappa shape index (κ1) is 21.2. The van der Waals surface area contributed by atoms with Gasteiger partial charge in [0.05, 0.1) is 23.5 Å². The second-order valence-electron chi connectivity index (χ2n) is 8.74. The molecular weight excluding hydrogens is 421 g/mol. The van der Waals surface area contributed by atoms with Gasteiger partial charge < -0.3 is 28.0 Å². The first-order valence-electron chi connectivity index (χ1n) is 10.9. The lowest BCUT2D eigenvalue weighted by Crippen LogP contribution is -2.51. The molecule has 0 bridgehead atoms. The molecule has 5 rings (SSSR count). The molecule has 2 N–H and O–H groups in total. The molecule has 0 amide bonds. The maximum absolute atomic E-state index is 15.8. The number of nitrogens with zero attached hydrogens (tertiary/aromatic N) is 3. The summed E-state index contributed by atoms with van der Waals surface area (Å²) in [5.74, 6) is 0.0900. The lowest BCUT2D eigenvalue weighted by atomic mass is 9.83. The van der Waals surface area contributed by atoms with Crippen LogP contribution < -0.4 is 5.32 Å². The molecule has 33 heavy (non-hydrogen) atoms. The zero-order valence-electron chi connectivity index (χ0n) is 19.0. The molecule has 0 saturated heterocycles. The predicted octanol–water partition coefficient (Wildman–Crippen LogP) is 5.25. The van der Waals surface area contributed by atoms with Gasteiger partial charge in [0, 0.05) is 30.5 Å². The Morgan fingerprint density at radius 2 is 1.88 bits per heavy atom. The number of halogens is 2.